The summed E-state index contributed by atoms with van der Waals surface area (Å²) < 4.78 is 39.6. The van der Waals surface area contributed by atoms with Gasteiger partial charge in [-0.15, -0.1) is 0 Å². The van der Waals surface area contributed by atoms with E-state index >= 15 is 0 Å². The highest BCUT2D eigenvalue weighted by molar-refractivity contribution is 5.74. The number of aliphatic hydroxyl groups is 1. The molecule has 0 amide bonds. The number of carbonyl (C=O) groups excluding carboxylic acids is 1. The van der Waals surface area contributed by atoms with Crippen molar-refractivity contribution in [3.63, 3.8) is 0 Å². The molecule has 1 N–H and O–H groups in total. The Labute approximate surface area is 106 Å². The quantitative estimate of drug-likeness (QED) is 0.784. The summed E-state index contributed by atoms with van der Waals surface area (Å²) in [6, 6.07) is 9.17. The number of esters is 1. The highest BCUT2D eigenvalue weighted by Gasteiger charge is 2.33. The molecule has 2 rings (SSSR count). The molecule has 17 heavy (non-hydrogen) atoms. The molecule has 1 aromatic rings. The fraction of sp³-hybridized carbons (Fsp3) is 0.462. The minimum absolute atomic E-state index is 0.204. The van der Waals surface area contributed by atoms with Crippen LogP contribution in [0.15, 0.2) is 30.3 Å². The Hall–Kier alpha value is -1.39. The van der Waals surface area contributed by atoms with Gasteiger partial charge in [-0.25, -0.2) is 0 Å². The average molecular weight is 240 g/mol. The van der Waals surface area contributed by atoms with Crippen LogP contribution >= 0.6 is 0 Å². The van der Waals surface area contributed by atoms with Crippen LogP contribution in [0.1, 0.15) is 17.4 Å². The Kier molecular flexibility index (Phi) is 2.67. The summed E-state index contributed by atoms with van der Waals surface area (Å²) in [5.41, 5.74) is 0.872. The van der Waals surface area contributed by atoms with Gasteiger partial charge in [0.25, 0.3) is 0 Å². The van der Waals surface area contributed by atoms with Crippen molar-refractivity contribution in [1.29, 1.82) is 0 Å². The first-order valence-electron chi connectivity index (χ1n) is 7.28. The molecule has 1 fully saturated rings. The van der Waals surface area contributed by atoms with Crippen molar-refractivity contribution in [2.24, 2.45) is 5.92 Å². The van der Waals surface area contributed by atoms with Crippen LogP contribution in [0, 0.1) is 5.92 Å². The summed E-state index contributed by atoms with van der Waals surface area (Å²) in [6.45, 7) is -2.84. The van der Waals surface area contributed by atoms with E-state index in [1.54, 1.807) is 0 Å². The van der Waals surface area contributed by atoms with E-state index in [0.717, 1.165) is 5.56 Å². The van der Waals surface area contributed by atoms with E-state index in [9.17, 15) is 9.90 Å². The maximum absolute atomic E-state index is 11.6. The lowest BCUT2D eigenvalue weighted by Gasteiger charge is -2.14. The molecule has 0 aromatic heterocycles. The number of ether oxygens (including phenoxy) is 2. The molecule has 0 spiro atoms. The molecule has 2 atom stereocenters. The second-order valence-electron chi connectivity index (χ2n) is 3.71. The monoisotopic (exact) mass is 240 g/mol. The highest BCUT2D eigenvalue weighted by Crippen LogP contribution is 2.18. The molecule has 0 aliphatic carbocycles. The van der Waals surface area contributed by atoms with E-state index in [1.807, 2.05) is 30.3 Å². The molecule has 1 saturated heterocycles. The van der Waals surface area contributed by atoms with Gasteiger partial charge < -0.3 is 14.6 Å². The van der Waals surface area contributed by atoms with Crippen LogP contribution in [0.5, 0.6) is 0 Å². The van der Waals surface area contributed by atoms with Crippen LogP contribution in [-0.4, -0.2) is 30.3 Å². The maximum atomic E-state index is 11.6. The van der Waals surface area contributed by atoms with Crippen molar-refractivity contribution >= 4 is 5.97 Å². The summed E-state index contributed by atoms with van der Waals surface area (Å²) in [5, 5.41) is 9.93. The van der Waals surface area contributed by atoms with E-state index in [0.29, 0.717) is 0 Å². The molecule has 4 heteroatoms. The molecule has 1 heterocycles. The molecule has 0 bridgehead atoms. The second-order valence-corrected chi connectivity index (χ2v) is 3.71. The van der Waals surface area contributed by atoms with E-state index in [-0.39, 0.29) is 13.2 Å². The smallest absolute Gasteiger partial charge is 0.311 e. The van der Waals surface area contributed by atoms with Crippen LogP contribution in [-0.2, 0) is 20.9 Å². The summed E-state index contributed by atoms with van der Waals surface area (Å²) in [5.74, 6) is -2.70. The molecule has 4 nitrogen and oxygen atoms in total. The van der Waals surface area contributed by atoms with Gasteiger partial charge in [-0.3, -0.25) is 4.79 Å². The van der Waals surface area contributed by atoms with Gasteiger partial charge in [0, 0.05) is 2.74 Å². The van der Waals surface area contributed by atoms with Crippen LogP contribution in [0.3, 0.4) is 0 Å². The molecule has 1 aromatic carbocycles. The number of rotatable bonds is 5. The number of benzene rings is 1. The van der Waals surface area contributed by atoms with Crippen LogP contribution in [0.4, 0.5) is 0 Å². The van der Waals surface area contributed by atoms with Crippen LogP contribution in [0.25, 0.3) is 0 Å². The van der Waals surface area contributed by atoms with Crippen LogP contribution in [0.2, 0.25) is 0 Å². The molecular weight excluding hydrogens is 220 g/mol. The lowest BCUT2D eigenvalue weighted by molar-refractivity contribution is -0.145. The Balaban J connectivity index is 1.94. The Morgan fingerprint density at radius 1 is 1.53 bits per heavy atom. The molecule has 1 aliphatic rings. The fourth-order valence-electron chi connectivity index (χ4n) is 1.49. The third-order valence-corrected chi connectivity index (χ3v) is 2.40. The largest absolute Gasteiger partial charge is 0.465 e. The van der Waals surface area contributed by atoms with Gasteiger partial charge in [-0.1, -0.05) is 30.3 Å². The predicted octanol–water partition coefficient (Wildman–Crippen LogP) is 1.13. The number of carbonyl (C=O) groups is 1. The molecule has 0 unspecified atom stereocenters. The Bertz CT molecular complexity index is 506. The van der Waals surface area contributed by atoms with E-state index in [2.05, 4.69) is 4.74 Å². The summed E-state index contributed by atoms with van der Waals surface area (Å²) in [6.07, 6.45) is -4.09. The lowest BCUT2D eigenvalue weighted by Crippen LogP contribution is -2.28. The number of aliphatic hydroxyl groups excluding tert-OH is 1. The van der Waals surface area contributed by atoms with Gasteiger partial charge >= 0.3 is 5.97 Å². The number of hydrogen-bond donors (Lipinski definition) is 1. The number of hydrogen-bond acceptors (Lipinski definition) is 4. The first-order chi connectivity index (χ1) is 9.75. The summed E-state index contributed by atoms with van der Waals surface area (Å²) in [7, 11) is 0. The summed E-state index contributed by atoms with van der Waals surface area (Å²) >= 11 is 0. The van der Waals surface area contributed by atoms with Crippen LogP contribution < -0.4 is 0 Å². The molecule has 1 aliphatic heterocycles. The van der Waals surface area contributed by atoms with Crippen molar-refractivity contribution < 1.29 is 24.9 Å². The van der Waals surface area contributed by atoms with Gasteiger partial charge in [-0.05, 0) is 11.9 Å². The Morgan fingerprint density at radius 2 is 2.29 bits per heavy atom. The lowest BCUT2D eigenvalue weighted by atomic mass is 10.0. The average Bonchev–Trinajstić information content (AvgIpc) is 2.54. The summed E-state index contributed by atoms with van der Waals surface area (Å²) in [4.78, 5) is 11.6. The third-order valence-electron chi connectivity index (χ3n) is 2.40. The van der Waals surface area contributed by atoms with E-state index in [4.69, 9.17) is 10.2 Å². The normalized spacial score (nSPS) is 30.6. The zero-order valence-electron chi connectivity index (χ0n) is 13.1. The molecule has 0 saturated carbocycles. The minimum atomic E-state index is -2.75. The predicted molar refractivity (Wildman–Crippen MR) is 61.2 cm³/mol. The molecule has 0 radical (unpaired) electrons. The van der Waals surface area contributed by atoms with Crippen molar-refractivity contribution in [2.45, 2.75) is 19.1 Å². The topological polar surface area (TPSA) is 55.8 Å². The van der Waals surface area contributed by atoms with Gasteiger partial charge in [0.2, 0.25) is 0 Å². The first kappa shape index (κ1) is 7.84. The minimum Gasteiger partial charge on any atom is -0.465 e. The van der Waals surface area contributed by atoms with Gasteiger partial charge in [-0.2, -0.15) is 0 Å². The first-order valence-corrected chi connectivity index (χ1v) is 5.28. The van der Waals surface area contributed by atoms with E-state index in [1.165, 1.54) is 0 Å². The van der Waals surface area contributed by atoms with Gasteiger partial charge in [0.1, 0.15) is 0 Å². The SMILES string of the molecule is [2H]C1([2H])OC(=O)[C@H]([C@H](O)COCc2ccccc2)C1([2H])[2H]. The zero-order valence-corrected chi connectivity index (χ0v) is 9.13. The Morgan fingerprint density at radius 3 is 2.94 bits per heavy atom. The fourth-order valence-corrected chi connectivity index (χ4v) is 1.49. The van der Waals surface area contributed by atoms with Crippen molar-refractivity contribution in [2.75, 3.05) is 13.2 Å². The maximum Gasteiger partial charge on any atom is 0.311 e. The second kappa shape index (κ2) is 5.80. The van der Waals surface area contributed by atoms with Crippen molar-refractivity contribution in [3.05, 3.63) is 35.9 Å². The molecular formula is C13H16O4. The zero-order chi connectivity index (χ0) is 15.7. The van der Waals surface area contributed by atoms with E-state index < -0.39 is 30.9 Å². The van der Waals surface area contributed by atoms with Gasteiger partial charge in [0.15, 0.2) is 0 Å². The van der Waals surface area contributed by atoms with Crippen molar-refractivity contribution in [1.82, 2.24) is 0 Å². The standard InChI is InChI=1S/C13H16O4/c14-12(11-6-7-17-13(11)15)9-16-8-10-4-2-1-3-5-10/h1-5,11-12,14H,6-9H2/t11-,12+/m0/s1/i6D2,7D2. The van der Waals surface area contributed by atoms with Crippen molar-refractivity contribution in [3.8, 4) is 0 Å². The number of cyclic esters (lactones) is 1. The van der Waals surface area contributed by atoms with Gasteiger partial charge in [0.05, 0.1) is 34.5 Å². The molecule has 92 valence electrons. The third kappa shape index (κ3) is 3.28. The highest BCUT2D eigenvalue weighted by atomic mass is 16.5.